The minimum atomic E-state index is -4.49. The van der Waals surface area contributed by atoms with Crippen LogP contribution in [0.5, 0.6) is 0 Å². The summed E-state index contributed by atoms with van der Waals surface area (Å²) in [6.45, 7) is 4.39. The number of alkyl halides is 6. The van der Waals surface area contributed by atoms with Crippen molar-refractivity contribution < 1.29 is 55.1 Å². The molecule has 0 spiro atoms. The summed E-state index contributed by atoms with van der Waals surface area (Å²) in [5.41, 5.74) is 10.7. The van der Waals surface area contributed by atoms with Crippen molar-refractivity contribution in [1.82, 2.24) is 10.6 Å². The number of nitrogens with two attached hydrogens (primary N) is 1. The van der Waals surface area contributed by atoms with Crippen molar-refractivity contribution in [3.05, 3.63) is 137 Å². The molecule has 0 radical (unpaired) electrons. The topological polar surface area (TPSA) is 180 Å². The monoisotopic (exact) mass is 960 g/mol. The largest absolute Gasteiger partial charge is 0.389 e. The predicted octanol–water partition coefficient (Wildman–Crippen LogP) is 8.08. The summed E-state index contributed by atoms with van der Waals surface area (Å²) in [7, 11) is 1.57. The maximum Gasteiger partial charge on any atom is 0.389 e. The maximum atomic E-state index is 13.3. The lowest BCUT2D eigenvalue weighted by Gasteiger charge is -2.26. The van der Waals surface area contributed by atoms with Crippen LogP contribution in [0.1, 0.15) is 87.1 Å². The number of aliphatic imine (C=N–C) groups is 2. The number of benzodiazepines with no additional fused rings is 1. The van der Waals surface area contributed by atoms with Crippen molar-refractivity contribution in [3.63, 3.8) is 0 Å². The maximum absolute atomic E-state index is 13.3. The van der Waals surface area contributed by atoms with E-state index in [9.17, 15) is 55.1 Å². The number of carbonyl (C=O) groups is 6. The fraction of sp³-hybridized carbons (Fsp3) is 0.373. The number of nitrogens with one attached hydrogen (secondary N) is 2. The van der Waals surface area contributed by atoms with E-state index in [0.717, 1.165) is 22.3 Å². The van der Waals surface area contributed by atoms with Gasteiger partial charge in [-0.3, -0.25) is 33.8 Å². The molecule has 0 aromatic heterocycles. The Labute approximate surface area is 395 Å². The summed E-state index contributed by atoms with van der Waals surface area (Å²) in [5.74, 6) is -8.33. The Morgan fingerprint density at radius 3 is 1.58 bits per heavy atom. The molecule has 0 saturated heterocycles. The summed E-state index contributed by atoms with van der Waals surface area (Å²) >= 11 is 0. The molecule has 2 heterocycles. The number of hydrogen-bond acceptors (Lipinski definition) is 8. The number of benzene rings is 4. The van der Waals surface area contributed by atoms with E-state index in [1.54, 1.807) is 39.1 Å². The molecule has 0 aliphatic carbocycles. The van der Waals surface area contributed by atoms with Gasteiger partial charge in [0.25, 0.3) is 5.91 Å². The predicted molar refractivity (Wildman–Crippen MR) is 248 cm³/mol. The summed E-state index contributed by atoms with van der Waals surface area (Å²) in [6.07, 6.45) is -14.8. The van der Waals surface area contributed by atoms with Crippen LogP contribution in [0, 0.1) is 23.7 Å². The second-order valence-corrected chi connectivity index (χ2v) is 16.8. The molecule has 2 aliphatic heterocycles. The van der Waals surface area contributed by atoms with Gasteiger partial charge in [-0.2, -0.15) is 26.3 Å². The number of anilines is 1. The summed E-state index contributed by atoms with van der Waals surface area (Å²) in [4.78, 5) is 87.2. The fourth-order valence-electron chi connectivity index (χ4n) is 8.50. The third-order valence-electron chi connectivity index (χ3n) is 12.1. The quantitative estimate of drug-likeness (QED) is 0.0956. The number of para-hydroxylation sites is 1. The summed E-state index contributed by atoms with van der Waals surface area (Å²) in [6, 6.07) is 32.8. The average molecular weight is 961 g/mol. The van der Waals surface area contributed by atoms with E-state index in [2.05, 4.69) is 20.6 Å². The van der Waals surface area contributed by atoms with Gasteiger partial charge in [-0.15, -0.1) is 0 Å². The van der Waals surface area contributed by atoms with Crippen LogP contribution in [-0.2, 0) is 35.2 Å². The highest BCUT2D eigenvalue weighted by molar-refractivity contribution is 6.20. The van der Waals surface area contributed by atoms with Crippen LogP contribution in [0.25, 0.3) is 0 Å². The minimum Gasteiger partial charge on any atom is -0.369 e. The van der Waals surface area contributed by atoms with Gasteiger partial charge in [0.2, 0.25) is 23.9 Å². The molecule has 0 fully saturated rings. The number of rotatable bonds is 16. The van der Waals surface area contributed by atoms with Crippen LogP contribution in [0.2, 0.25) is 0 Å². The van der Waals surface area contributed by atoms with Gasteiger partial charge in [0.1, 0.15) is 5.78 Å². The highest BCUT2D eigenvalue weighted by atomic mass is 19.4. The number of carbonyl (C=O) groups excluding carboxylic acids is 6. The van der Waals surface area contributed by atoms with Gasteiger partial charge in [-0.25, -0.2) is 4.99 Å². The number of fused-ring (bicyclic) bond motifs is 2. The van der Waals surface area contributed by atoms with E-state index in [1.807, 2.05) is 91.0 Å². The van der Waals surface area contributed by atoms with Crippen molar-refractivity contribution in [2.24, 2.45) is 39.4 Å². The number of amides is 4. The van der Waals surface area contributed by atoms with Crippen LogP contribution in [0.3, 0.4) is 0 Å². The number of primary amides is 1. The van der Waals surface area contributed by atoms with Crippen molar-refractivity contribution in [2.75, 3.05) is 11.9 Å². The molecule has 0 bridgehead atoms. The molecule has 4 aromatic carbocycles. The van der Waals surface area contributed by atoms with Crippen LogP contribution >= 0.6 is 0 Å². The zero-order chi connectivity index (χ0) is 50.6. The Kier molecular flexibility index (Phi) is 17.9. The van der Waals surface area contributed by atoms with E-state index in [-0.39, 0.29) is 25.0 Å². The number of hydrogen-bond donors (Lipinski definition) is 3. The fourth-order valence-corrected chi connectivity index (χ4v) is 8.50. The van der Waals surface area contributed by atoms with Crippen LogP contribution in [0.4, 0.5) is 32.0 Å². The first-order valence-electron chi connectivity index (χ1n) is 22.4. The smallest absolute Gasteiger partial charge is 0.369 e. The molecule has 6 atom stereocenters. The second kappa shape index (κ2) is 23.4. The van der Waals surface area contributed by atoms with Crippen molar-refractivity contribution >= 4 is 52.3 Å². The van der Waals surface area contributed by atoms with E-state index >= 15 is 0 Å². The molecule has 6 rings (SSSR count). The highest BCUT2D eigenvalue weighted by Crippen LogP contribution is 2.32. The molecule has 18 heteroatoms. The SMILES string of the molecule is CC[C@@H](C(=O)N[C@H]1N=C(c2ccccc2)c2ccccc2CC1=O)[C@H](CCC(F)(F)F)C(N)=O.CC[C@@H](C(=O)N[C@H]1N=C(c2ccccc2)c2ccccc2N(C)C1=O)[C@H](CCC(F)(F)F)C(C)=O. The lowest BCUT2D eigenvalue weighted by Crippen LogP contribution is -2.49. The van der Waals surface area contributed by atoms with Gasteiger partial charge in [0, 0.05) is 72.2 Å². The van der Waals surface area contributed by atoms with E-state index in [4.69, 9.17) is 5.73 Å². The molecule has 0 saturated carbocycles. The molecule has 4 N–H and O–H groups in total. The first-order chi connectivity index (χ1) is 32.6. The second-order valence-electron chi connectivity index (χ2n) is 16.8. The van der Waals surface area contributed by atoms with Gasteiger partial charge in [-0.1, -0.05) is 117 Å². The Balaban J connectivity index is 0.000000258. The molecular formula is C51H54F6N6O6. The molecule has 0 unspecified atom stereocenters. The van der Waals surface area contributed by atoms with Gasteiger partial charge < -0.3 is 21.3 Å². The van der Waals surface area contributed by atoms with Crippen molar-refractivity contribution in [1.29, 1.82) is 0 Å². The molecule has 2 aliphatic rings. The number of Topliss-reactive ketones (excluding diaryl/α,β-unsaturated/α-hetero) is 2. The van der Waals surface area contributed by atoms with Crippen LogP contribution < -0.4 is 21.3 Å². The van der Waals surface area contributed by atoms with Gasteiger partial charge in [0.15, 0.2) is 11.9 Å². The van der Waals surface area contributed by atoms with E-state index in [1.165, 1.54) is 11.8 Å². The minimum absolute atomic E-state index is 0.0189. The Morgan fingerprint density at radius 2 is 1.07 bits per heavy atom. The van der Waals surface area contributed by atoms with Gasteiger partial charge >= 0.3 is 12.4 Å². The number of halogens is 6. The van der Waals surface area contributed by atoms with E-state index in [0.29, 0.717) is 22.7 Å². The highest BCUT2D eigenvalue weighted by Gasteiger charge is 2.40. The number of likely N-dealkylation sites (N-methyl/N-ethyl adjacent to an activating group) is 1. The first kappa shape index (κ1) is 53.0. The summed E-state index contributed by atoms with van der Waals surface area (Å²) in [5, 5.41) is 5.17. The lowest BCUT2D eigenvalue weighted by molar-refractivity contribution is -0.146. The summed E-state index contributed by atoms with van der Waals surface area (Å²) < 4.78 is 76.7. The third-order valence-corrected chi connectivity index (χ3v) is 12.1. The van der Waals surface area contributed by atoms with E-state index < -0.39 is 103 Å². The molecule has 366 valence electrons. The Hall–Kier alpha value is -6.98. The normalized spacial score (nSPS) is 17.7. The van der Waals surface area contributed by atoms with Crippen molar-refractivity contribution in [2.45, 2.75) is 90.4 Å². The molecule has 12 nitrogen and oxygen atoms in total. The average Bonchev–Trinajstić information content (AvgIpc) is 3.51. The molecular weight excluding hydrogens is 907 g/mol. The van der Waals surface area contributed by atoms with Crippen LogP contribution in [-0.4, -0.2) is 78.4 Å². The Morgan fingerprint density at radius 1 is 0.638 bits per heavy atom. The first-order valence-corrected chi connectivity index (χ1v) is 22.4. The number of ketones is 2. The van der Waals surface area contributed by atoms with Gasteiger partial charge in [0.05, 0.1) is 17.1 Å². The van der Waals surface area contributed by atoms with Crippen molar-refractivity contribution in [3.8, 4) is 0 Å². The standard InChI is InChI=1S/C26H28F3N3O3.C25H26F3N3O3/c1-4-18(19(16(2)33)14-15-26(27,28)29)24(34)31-23-25(35)32(3)21-13-9-8-12-20(21)22(30-23)17-10-6-5-7-11-17;1-2-17(19(22(29)33)12-13-25(26,27)28)24(34)31-23-20(32)14-16-10-6-7-11-18(16)21(30-23)15-8-4-3-5-9-15/h5-13,18-19,23H,4,14-15H2,1-3H3,(H,31,34);3-11,17,19,23H,2,12-14H2,1H3,(H2,29,33)(H,31,34)/t18-,19-,23-;17-,19+,23-/m11/s1. The number of nitrogens with zero attached hydrogens (tertiary/aromatic N) is 3. The molecule has 4 aromatic rings. The lowest BCUT2D eigenvalue weighted by atomic mass is 9.83. The zero-order valence-electron chi connectivity index (χ0n) is 38.4. The third kappa shape index (κ3) is 14.0. The zero-order valence-corrected chi connectivity index (χ0v) is 38.4. The molecule has 69 heavy (non-hydrogen) atoms. The van der Waals surface area contributed by atoms with Crippen LogP contribution in [0.15, 0.2) is 119 Å². The molecule has 4 amide bonds. The Bertz CT molecular complexity index is 2550. The van der Waals surface area contributed by atoms with Gasteiger partial charge in [-0.05, 0) is 44.2 Å².